The van der Waals surface area contributed by atoms with Crippen LogP contribution in [0.3, 0.4) is 0 Å². The van der Waals surface area contributed by atoms with Gasteiger partial charge < -0.3 is 15.5 Å². The van der Waals surface area contributed by atoms with Gasteiger partial charge in [-0.2, -0.15) is 0 Å². The number of primary amides is 1. The predicted octanol–water partition coefficient (Wildman–Crippen LogP) is 1.90. The summed E-state index contributed by atoms with van der Waals surface area (Å²) in [5.74, 6) is -0.484. The summed E-state index contributed by atoms with van der Waals surface area (Å²) in [5, 5.41) is 0. The van der Waals surface area contributed by atoms with Crippen LogP contribution in [0, 0.1) is 0 Å². The van der Waals surface area contributed by atoms with Crippen LogP contribution in [0.5, 0.6) is 0 Å². The van der Waals surface area contributed by atoms with E-state index in [2.05, 4.69) is 39.0 Å². The Morgan fingerprint density at radius 1 is 0.955 bits per heavy atom. The Morgan fingerprint density at radius 2 is 1.64 bits per heavy atom. The van der Waals surface area contributed by atoms with Crippen LogP contribution in [0.1, 0.15) is 16.9 Å². The summed E-state index contributed by atoms with van der Waals surface area (Å²) >= 11 is 0. The molecular weight excluding hydrogens is 276 g/mol. The van der Waals surface area contributed by atoms with Crippen LogP contribution in [-0.2, 0) is 0 Å². The molecule has 1 aromatic carbocycles. The van der Waals surface area contributed by atoms with Gasteiger partial charge in [0.2, 0.25) is 0 Å². The molecule has 2 aromatic rings. The van der Waals surface area contributed by atoms with Crippen molar-refractivity contribution in [3.63, 3.8) is 0 Å². The van der Waals surface area contributed by atoms with E-state index in [1.54, 1.807) is 12.3 Å². The van der Waals surface area contributed by atoms with Gasteiger partial charge in [0.1, 0.15) is 5.69 Å². The number of nitrogens with two attached hydrogens (primary N) is 1. The van der Waals surface area contributed by atoms with E-state index in [0.29, 0.717) is 5.69 Å². The molecule has 22 heavy (non-hydrogen) atoms. The summed E-state index contributed by atoms with van der Waals surface area (Å²) < 4.78 is 0. The highest BCUT2D eigenvalue weighted by molar-refractivity contribution is 5.91. The maximum Gasteiger partial charge on any atom is 0.267 e. The van der Waals surface area contributed by atoms with Crippen LogP contribution in [0.15, 0.2) is 48.7 Å². The number of anilines is 2. The minimum Gasteiger partial charge on any atom is -0.370 e. The van der Waals surface area contributed by atoms with Crippen LogP contribution < -0.4 is 15.5 Å². The first kappa shape index (κ1) is 14.4. The van der Waals surface area contributed by atoms with E-state index >= 15 is 0 Å². The third-order valence-electron chi connectivity index (χ3n) is 3.98. The zero-order chi connectivity index (χ0) is 15.4. The highest BCUT2D eigenvalue weighted by Crippen LogP contribution is 2.20. The standard InChI is InChI=1S/C17H20N4O/c18-17(22)16-13-15(7-8-19-16)21-10-4-9-20(11-12-21)14-5-2-1-3-6-14/h1-3,5-8,13H,4,9-12H2,(H2,18,22). The first-order chi connectivity index (χ1) is 10.7. The second-order valence-corrected chi connectivity index (χ2v) is 5.43. The fraction of sp³-hybridized carbons (Fsp3) is 0.294. The van der Waals surface area contributed by atoms with Gasteiger partial charge in [0.25, 0.3) is 5.91 Å². The lowest BCUT2D eigenvalue weighted by Gasteiger charge is -2.25. The largest absolute Gasteiger partial charge is 0.370 e. The van der Waals surface area contributed by atoms with Crippen LogP contribution in [-0.4, -0.2) is 37.1 Å². The van der Waals surface area contributed by atoms with Crippen molar-refractivity contribution >= 4 is 17.3 Å². The SMILES string of the molecule is NC(=O)c1cc(N2CCCN(c3ccccc3)CC2)ccn1. The van der Waals surface area contributed by atoms with Gasteiger partial charge in [-0.1, -0.05) is 18.2 Å². The summed E-state index contributed by atoms with van der Waals surface area (Å²) in [7, 11) is 0. The third kappa shape index (κ3) is 3.19. The quantitative estimate of drug-likeness (QED) is 0.939. The Labute approximate surface area is 130 Å². The molecule has 1 saturated heterocycles. The molecule has 5 heteroatoms. The summed E-state index contributed by atoms with van der Waals surface area (Å²) in [4.78, 5) is 20.0. The van der Waals surface area contributed by atoms with E-state index in [0.717, 1.165) is 38.3 Å². The molecule has 2 heterocycles. The number of nitrogens with zero attached hydrogens (tertiary/aromatic N) is 3. The average Bonchev–Trinajstić information content (AvgIpc) is 2.82. The maximum absolute atomic E-state index is 11.3. The lowest BCUT2D eigenvalue weighted by atomic mass is 10.2. The Morgan fingerprint density at radius 3 is 2.32 bits per heavy atom. The molecule has 0 saturated carbocycles. The Hall–Kier alpha value is -2.56. The van der Waals surface area contributed by atoms with E-state index in [-0.39, 0.29) is 0 Å². The van der Waals surface area contributed by atoms with Crippen molar-refractivity contribution < 1.29 is 4.79 Å². The molecular formula is C17H20N4O. The van der Waals surface area contributed by atoms with Crippen molar-refractivity contribution in [2.45, 2.75) is 6.42 Å². The van der Waals surface area contributed by atoms with E-state index in [9.17, 15) is 4.79 Å². The predicted molar refractivity (Wildman–Crippen MR) is 88.2 cm³/mol. The molecule has 2 N–H and O–H groups in total. The zero-order valence-electron chi connectivity index (χ0n) is 12.5. The van der Waals surface area contributed by atoms with Gasteiger partial charge in [0.15, 0.2) is 0 Å². The van der Waals surface area contributed by atoms with E-state index in [4.69, 9.17) is 5.73 Å². The van der Waals surface area contributed by atoms with Crippen LogP contribution >= 0.6 is 0 Å². The van der Waals surface area contributed by atoms with Gasteiger partial charge >= 0.3 is 0 Å². The second kappa shape index (κ2) is 6.47. The molecule has 1 aliphatic rings. The van der Waals surface area contributed by atoms with Crippen LogP contribution in [0.4, 0.5) is 11.4 Å². The monoisotopic (exact) mass is 296 g/mol. The molecule has 0 bridgehead atoms. The van der Waals surface area contributed by atoms with Gasteiger partial charge in [0, 0.05) is 43.8 Å². The van der Waals surface area contributed by atoms with Crippen molar-refractivity contribution in [3.8, 4) is 0 Å². The fourth-order valence-corrected chi connectivity index (χ4v) is 2.82. The molecule has 0 radical (unpaired) electrons. The Balaban J connectivity index is 1.73. The smallest absolute Gasteiger partial charge is 0.267 e. The van der Waals surface area contributed by atoms with Crippen molar-refractivity contribution in [2.24, 2.45) is 5.73 Å². The number of pyridine rings is 1. The van der Waals surface area contributed by atoms with Gasteiger partial charge in [-0.25, -0.2) is 0 Å². The molecule has 0 unspecified atom stereocenters. The molecule has 1 amide bonds. The number of carbonyl (C=O) groups excluding carboxylic acids is 1. The average molecular weight is 296 g/mol. The van der Waals surface area contributed by atoms with Crippen LogP contribution in [0.2, 0.25) is 0 Å². The van der Waals surface area contributed by atoms with Gasteiger partial charge in [0.05, 0.1) is 0 Å². The number of amides is 1. The number of hydrogen-bond acceptors (Lipinski definition) is 4. The molecule has 114 valence electrons. The summed E-state index contributed by atoms with van der Waals surface area (Å²) in [6, 6.07) is 14.2. The van der Waals surface area contributed by atoms with Crippen molar-refractivity contribution in [2.75, 3.05) is 36.0 Å². The van der Waals surface area contributed by atoms with Gasteiger partial charge in [-0.15, -0.1) is 0 Å². The van der Waals surface area contributed by atoms with Crippen molar-refractivity contribution in [1.29, 1.82) is 0 Å². The zero-order valence-corrected chi connectivity index (χ0v) is 12.5. The summed E-state index contributed by atoms with van der Waals surface area (Å²) in [6.45, 7) is 3.87. The van der Waals surface area contributed by atoms with Gasteiger partial charge in [-0.3, -0.25) is 9.78 Å². The van der Waals surface area contributed by atoms with Crippen molar-refractivity contribution in [3.05, 3.63) is 54.4 Å². The fourth-order valence-electron chi connectivity index (χ4n) is 2.82. The third-order valence-corrected chi connectivity index (χ3v) is 3.98. The van der Waals surface area contributed by atoms with Gasteiger partial charge in [-0.05, 0) is 30.7 Å². The van der Waals surface area contributed by atoms with Crippen molar-refractivity contribution in [1.82, 2.24) is 4.98 Å². The molecule has 0 spiro atoms. The first-order valence-electron chi connectivity index (χ1n) is 7.55. The molecule has 1 aromatic heterocycles. The summed E-state index contributed by atoms with van der Waals surface area (Å²) in [6.07, 6.45) is 2.72. The normalized spacial score (nSPS) is 15.5. The number of rotatable bonds is 3. The molecule has 3 rings (SSSR count). The Kier molecular flexibility index (Phi) is 4.23. The highest BCUT2D eigenvalue weighted by Gasteiger charge is 2.16. The first-order valence-corrected chi connectivity index (χ1v) is 7.55. The minimum absolute atomic E-state index is 0.321. The lowest BCUT2D eigenvalue weighted by Crippen LogP contribution is -2.30. The number of para-hydroxylation sites is 1. The number of hydrogen-bond donors (Lipinski definition) is 1. The molecule has 5 nitrogen and oxygen atoms in total. The lowest BCUT2D eigenvalue weighted by molar-refractivity contribution is 0.0995. The molecule has 1 fully saturated rings. The number of carbonyl (C=O) groups is 1. The topological polar surface area (TPSA) is 62.5 Å². The van der Waals surface area contributed by atoms with Crippen LogP contribution in [0.25, 0.3) is 0 Å². The minimum atomic E-state index is -0.484. The second-order valence-electron chi connectivity index (χ2n) is 5.43. The Bertz CT molecular complexity index is 644. The van der Waals surface area contributed by atoms with E-state index in [1.165, 1.54) is 5.69 Å². The molecule has 0 aliphatic carbocycles. The summed E-state index contributed by atoms with van der Waals surface area (Å²) in [5.41, 5.74) is 7.91. The number of aromatic nitrogens is 1. The number of benzene rings is 1. The highest BCUT2D eigenvalue weighted by atomic mass is 16.1. The van der Waals surface area contributed by atoms with E-state index in [1.807, 2.05) is 12.1 Å². The molecule has 0 atom stereocenters. The van der Waals surface area contributed by atoms with E-state index < -0.39 is 5.91 Å². The maximum atomic E-state index is 11.3. The molecule has 1 aliphatic heterocycles.